The van der Waals surface area contributed by atoms with E-state index in [1.165, 1.54) is 12.1 Å². The van der Waals surface area contributed by atoms with Crippen LogP contribution in [-0.2, 0) is 6.54 Å². The number of rotatable bonds is 4. The molecule has 96 valence electrons. The Balaban J connectivity index is 2.63. The first kappa shape index (κ1) is 12.8. The molecule has 0 aliphatic heterocycles. The van der Waals surface area contributed by atoms with Crippen LogP contribution in [0.1, 0.15) is 24.2 Å². The normalized spacial score (nSPS) is 12.9. The number of nitrogens with zero attached hydrogens (tertiary/aromatic N) is 1. The van der Waals surface area contributed by atoms with Crippen molar-refractivity contribution in [3.8, 4) is 0 Å². The van der Waals surface area contributed by atoms with E-state index in [0.29, 0.717) is 10.9 Å². The highest BCUT2D eigenvalue weighted by Gasteiger charge is 2.19. The summed E-state index contributed by atoms with van der Waals surface area (Å²) in [4.78, 5) is 12.2. The predicted octanol–water partition coefficient (Wildman–Crippen LogP) is 2.59. The van der Waals surface area contributed by atoms with Gasteiger partial charge in [-0.3, -0.25) is 4.79 Å². The molecule has 1 aromatic carbocycles. The number of aryl methyl sites for hydroxylation is 1. The van der Waals surface area contributed by atoms with Crippen LogP contribution in [0.25, 0.3) is 10.9 Å². The van der Waals surface area contributed by atoms with Crippen molar-refractivity contribution in [2.75, 3.05) is 7.05 Å². The summed E-state index contributed by atoms with van der Waals surface area (Å²) in [6, 6.07) is 4.29. The number of carbonyl (C=O) groups is 1. The SMILES string of the molecule is CCn1cc(C(=O)C(C)NC)c2cc(F)ccc21. The Morgan fingerprint density at radius 1 is 1.50 bits per heavy atom. The predicted molar refractivity (Wildman–Crippen MR) is 70.4 cm³/mol. The molecule has 1 unspecified atom stereocenters. The van der Waals surface area contributed by atoms with Crippen molar-refractivity contribution in [2.45, 2.75) is 26.4 Å². The molecule has 1 heterocycles. The molecule has 0 aliphatic carbocycles. The summed E-state index contributed by atoms with van der Waals surface area (Å²) in [5.74, 6) is -0.331. The number of ketones is 1. The molecule has 0 saturated heterocycles. The summed E-state index contributed by atoms with van der Waals surface area (Å²) in [6.45, 7) is 4.55. The number of hydrogen-bond donors (Lipinski definition) is 1. The Hall–Kier alpha value is -1.68. The number of Topliss-reactive ketones (excluding diaryl/α,β-unsaturated/α-hetero) is 1. The van der Waals surface area contributed by atoms with Gasteiger partial charge in [0.05, 0.1) is 6.04 Å². The monoisotopic (exact) mass is 248 g/mol. The molecular weight excluding hydrogens is 231 g/mol. The first-order valence-corrected chi connectivity index (χ1v) is 6.08. The largest absolute Gasteiger partial charge is 0.347 e. The quantitative estimate of drug-likeness (QED) is 0.844. The third-order valence-corrected chi connectivity index (χ3v) is 3.28. The first-order valence-electron chi connectivity index (χ1n) is 6.08. The highest BCUT2D eigenvalue weighted by atomic mass is 19.1. The van der Waals surface area contributed by atoms with Gasteiger partial charge in [-0.1, -0.05) is 0 Å². The molecule has 2 rings (SSSR count). The van der Waals surface area contributed by atoms with Crippen LogP contribution in [-0.4, -0.2) is 23.4 Å². The van der Waals surface area contributed by atoms with Gasteiger partial charge in [0, 0.05) is 29.2 Å². The third-order valence-electron chi connectivity index (χ3n) is 3.28. The molecule has 3 nitrogen and oxygen atoms in total. The molecule has 0 spiro atoms. The van der Waals surface area contributed by atoms with Gasteiger partial charge in [0.1, 0.15) is 5.82 Å². The van der Waals surface area contributed by atoms with Crippen LogP contribution in [0.2, 0.25) is 0 Å². The van der Waals surface area contributed by atoms with Crippen molar-refractivity contribution in [1.82, 2.24) is 9.88 Å². The summed E-state index contributed by atoms with van der Waals surface area (Å²) in [5.41, 5.74) is 1.47. The maximum atomic E-state index is 13.3. The molecule has 0 amide bonds. The van der Waals surface area contributed by atoms with E-state index in [1.807, 2.05) is 11.5 Å². The molecule has 0 fully saturated rings. The van der Waals surface area contributed by atoms with Gasteiger partial charge >= 0.3 is 0 Å². The number of carbonyl (C=O) groups excluding carboxylic acids is 1. The van der Waals surface area contributed by atoms with Crippen LogP contribution in [0, 0.1) is 5.82 Å². The number of likely N-dealkylation sites (N-methyl/N-ethyl adjacent to an activating group) is 1. The van der Waals surface area contributed by atoms with Gasteiger partial charge in [-0.15, -0.1) is 0 Å². The Morgan fingerprint density at radius 3 is 2.83 bits per heavy atom. The van der Waals surface area contributed by atoms with Crippen LogP contribution in [0.15, 0.2) is 24.4 Å². The number of halogens is 1. The minimum atomic E-state index is -0.317. The molecule has 1 atom stereocenters. The molecule has 0 aliphatic rings. The lowest BCUT2D eigenvalue weighted by atomic mass is 10.0. The molecule has 2 aromatic rings. The van der Waals surface area contributed by atoms with Crippen molar-refractivity contribution in [3.05, 3.63) is 35.8 Å². The topological polar surface area (TPSA) is 34.0 Å². The minimum absolute atomic E-state index is 0.0136. The molecule has 1 N–H and O–H groups in total. The van der Waals surface area contributed by atoms with E-state index in [4.69, 9.17) is 0 Å². The van der Waals surface area contributed by atoms with Crippen molar-refractivity contribution in [1.29, 1.82) is 0 Å². The zero-order valence-corrected chi connectivity index (χ0v) is 10.8. The molecule has 0 radical (unpaired) electrons. The number of aromatic nitrogens is 1. The van der Waals surface area contributed by atoms with Gasteiger partial charge in [0.2, 0.25) is 0 Å². The van der Waals surface area contributed by atoms with E-state index < -0.39 is 0 Å². The fourth-order valence-electron chi connectivity index (χ4n) is 2.09. The maximum absolute atomic E-state index is 13.3. The number of fused-ring (bicyclic) bond motifs is 1. The molecule has 0 bridgehead atoms. The second-order valence-electron chi connectivity index (χ2n) is 4.36. The van der Waals surface area contributed by atoms with E-state index >= 15 is 0 Å². The second kappa shape index (κ2) is 4.90. The lowest BCUT2D eigenvalue weighted by Crippen LogP contribution is -2.30. The van der Waals surface area contributed by atoms with Crippen molar-refractivity contribution >= 4 is 16.7 Å². The van der Waals surface area contributed by atoms with Gasteiger partial charge in [0.25, 0.3) is 0 Å². The lowest BCUT2D eigenvalue weighted by molar-refractivity contribution is 0.0956. The van der Waals surface area contributed by atoms with Crippen LogP contribution >= 0.6 is 0 Å². The van der Waals surface area contributed by atoms with E-state index in [1.54, 1.807) is 26.2 Å². The van der Waals surface area contributed by atoms with Gasteiger partial charge in [-0.2, -0.15) is 0 Å². The van der Waals surface area contributed by atoms with Crippen LogP contribution in [0.4, 0.5) is 4.39 Å². The number of hydrogen-bond acceptors (Lipinski definition) is 2. The molecule has 18 heavy (non-hydrogen) atoms. The average Bonchev–Trinajstić information content (AvgIpc) is 2.74. The maximum Gasteiger partial charge on any atom is 0.181 e. The molecule has 4 heteroatoms. The number of nitrogens with one attached hydrogen (secondary N) is 1. The van der Waals surface area contributed by atoms with Crippen LogP contribution < -0.4 is 5.32 Å². The summed E-state index contributed by atoms with van der Waals surface area (Å²) >= 11 is 0. The number of benzene rings is 1. The fraction of sp³-hybridized carbons (Fsp3) is 0.357. The van der Waals surface area contributed by atoms with Gasteiger partial charge in [0.15, 0.2) is 5.78 Å². The Bertz CT molecular complexity index is 589. The Labute approximate surface area is 106 Å². The van der Waals surface area contributed by atoms with E-state index in [0.717, 1.165) is 12.1 Å². The van der Waals surface area contributed by atoms with Gasteiger partial charge in [-0.25, -0.2) is 4.39 Å². The van der Waals surface area contributed by atoms with Crippen LogP contribution in [0.5, 0.6) is 0 Å². The van der Waals surface area contributed by atoms with Gasteiger partial charge in [-0.05, 0) is 39.1 Å². The molecular formula is C14H17FN2O. The lowest BCUT2D eigenvalue weighted by Gasteiger charge is -2.07. The fourth-order valence-corrected chi connectivity index (χ4v) is 2.09. The zero-order chi connectivity index (χ0) is 13.3. The van der Waals surface area contributed by atoms with Crippen molar-refractivity contribution < 1.29 is 9.18 Å². The zero-order valence-electron chi connectivity index (χ0n) is 10.8. The highest BCUT2D eigenvalue weighted by molar-refractivity contribution is 6.10. The summed E-state index contributed by atoms with van der Waals surface area (Å²) < 4.78 is 15.3. The summed E-state index contributed by atoms with van der Waals surface area (Å²) in [6.07, 6.45) is 1.81. The van der Waals surface area contributed by atoms with E-state index in [9.17, 15) is 9.18 Å². The average molecular weight is 248 g/mol. The van der Waals surface area contributed by atoms with Crippen molar-refractivity contribution in [2.24, 2.45) is 0 Å². The van der Waals surface area contributed by atoms with Gasteiger partial charge < -0.3 is 9.88 Å². The van der Waals surface area contributed by atoms with E-state index in [-0.39, 0.29) is 17.6 Å². The highest BCUT2D eigenvalue weighted by Crippen LogP contribution is 2.23. The molecule has 1 aromatic heterocycles. The van der Waals surface area contributed by atoms with Crippen LogP contribution in [0.3, 0.4) is 0 Å². The third kappa shape index (κ3) is 2.04. The van der Waals surface area contributed by atoms with Crippen molar-refractivity contribution in [3.63, 3.8) is 0 Å². The minimum Gasteiger partial charge on any atom is -0.347 e. The van der Waals surface area contributed by atoms with E-state index in [2.05, 4.69) is 5.32 Å². The molecule has 0 saturated carbocycles. The summed E-state index contributed by atoms with van der Waals surface area (Å²) in [5, 5.41) is 3.60. The Morgan fingerprint density at radius 2 is 2.22 bits per heavy atom. The summed E-state index contributed by atoms with van der Waals surface area (Å²) in [7, 11) is 1.74. The standard InChI is InChI=1S/C14H17FN2O/c1-4-17-8-12(14(18)9(2)16-3)11-7-10(15)5-6-13(11)17/h5-9,16H,4H2,1-3H3. The Kier molecular flexibility index (Phi) is 3.48. The second-order valence-corrected chi connectivity index (χ2v) is 4.36. The first-order chi connectivity index (χ1) is 8.58. The smallest absolute Gasteiger partial charge is 0.181 e.